The first-order valence-electron chi connectivity index (χ1n) is 10.7. The van der Waals surface area contributed by atoms with Crippen molar-refractivity contribution < 1.29 is 9.84 Å². The Hall–Kier alpha value is -1.48. The number of benzene rings is 1. The molecule has 0 bridgehead atoms. The molecular formula is C23H26Cl2N4O2S. The summed E-state index contributed by atoms with van der Waals surface area (Å²) in [6, 6.07) is 7.91. The van der Waals surface area contributed by atoms with E-state index in [1.807, 2.05) is 12.1 Å². The molecule has 5 rings (SSSR count). The van der Waals surface area contributed by atoms with Crippen LogP contribution in [-0.4, -0.2) is 46.8 Å². The predicted molar refractivity (Wildman–Crippen MR) is 129 cm³/mol. The van der Waals surface area contributed by atoms with E-state index in [0.717, 1.165) is 65.1 Å². The first-order valence-corrected chi connectivity index (χ1v) is 12.3. The third kappa shape index (κ3) is 3.69. The zero-order valence-electron chi connectivity index (χ0n) is 17.9. The van der Waals surface area contributed by atoms with Gasteiger partial charge in [0.25, 0.3) is 0 Å². The van der Waals surface area contributed by atoms with Crippen LogP contribution in [0.3, 0.4) is 0 Å². The number of piperidine rings is 1. The van der Waals surface area contributed by atoms with Gasteiger partial charge in [0.2, 0.25) is 0 Å². The Morgan fingerprint density at radius 2 is 2.09 bits per heavy atom. The number of ether oxygens (including phenoxy) is 1. The first-order chi connectivity index (χ1) is 15.4. The number of nitrogens with zero attached hydrogens (tertiary/aromatic N) is 3. The minimum Gasteiger partial charge on any atom is -0.390 e. The van der Waals surface area contributed by atoms with E-state index in [9.17, 15) is 5.11 Å². The summed E-state index contributed by atoms with van der Waals surface area (Å²) >= 11 is 14.2. The second-order valence-corrected chi connectivity index (χ2v) is 10.5. The second kappa shape index (κ2) is 8.70. The van der Waals surface area contributed by atoms with Gasteiger partial charge >= 0.3 is 0 Å². The molecule has 0 amide bonds. The molecule has 1 aromatic carbocycles. The molecule has 32 heavy (non-hydrogen) atoms. The third-order valence-corrected chi connectivity index (χ3v) is 9.02. The lowest BCUT2D eigenvalue weighted by atomic mass is 9.75. The standard InChI is InChI=1S/C23H26Cl2N4O2S/c1-14-9-19(28-7-5-23(6-8-28)13-31-12-18(23)26)29-15(11-30)10-27-22(29)21(14)32-17-4-2-3-16(24)20(17)25/h2-4,9-10,18,30H,5-8,11-13,26H2,1H3. The Morgan fingerprint density at radius 1 is 1.31 bits per heavy atom. The van der Waals surface area contributed by atoms with E-state index in [4.69, 9.17) is 33.7 Å². The van der Waals surface area contributed by atoms with Crippen molar-refractivity contribution >= 4 is 46.4 Å². The lowest BCUT2D eigenvalue weighted by Crippen LogP contribution is -2.49. The van der Waals surface area contributed by atoms with Gasteiger partial charge in [-0.05, 0) is 43.5 Å². The van der Waals surface area contributed by atoms with Crippen LogP contribution in [0.25, 0.3) is 5.65 Å². The highest BCUT2D eigenvalue weighted by Gasteiger charge is 2.44. The maximum absolute atomic E-state index is 10.0. The molecule has 2 saturated heterocycles. The van der Waals surface area contributed by atoms with Crippen molar-refractivity contribution in [1.29, 1.82) is 0 Å². The molecule has 6 nitrogen and oxygen atoms in total. The number of halogens is 2. The number of imidazole rings is 1. The normalized spacial score (nSPS) is 20.5. The number of nitrogens with two attached hydrogens (primary N) is 1. The summed E-state index contributed by atoms with van der Waals surface area (Å²) in [7, 11) is 0. The lowest BCUT2D eigenvalue weighted by molar-refractivity contribution is 0.131. The maximum atomic E-state index is 10.0. The van der Waals surface area contributed by atoms with E-state index in [-0.39, 0.29) is 18.1 Å². The highest BCUT2D eigenvalue weighted by Crippen LogP contribution is 2.43. The number of rotatable bonds is 4. The first kappa shape index (κ1) is 22.3. The SMILES string of the molecule is Cc1cc(N2CCC3(CC2)COCC3N)n2c(CO)cnc2c1Sc1cccc(Cl)c1Cl. The highest BCUT2D eigenvalue weighted by atomic mass is 35.5. The van der Waals surface area contributed by atoms with E-state index in [1.54, 1.807) is 24.0 Å². The molecule has 3 N–H and O–H groups in total. The largest absolute Gasteiger partial charge is 0.390 e. The fourth-order valence-corrected chi connectivity index (χ4v) is 6.31. The van der Waals surface area contributed by atoms with Gasteiger partial charge in [0, 0.05) is 29.4 Å². The average Bonchev–Trinajstić information content (AvgIpc) is 3.37. The summed E-state index contributed by atoms with van der Waals surface area (Å²) in [4.78, 5) is 8.92. The van der Waals surface area contributed by atoms with Crippen molar-refractivity contribution in [1.82, 2.24) is 9.38 Å². The Kier molecular flexibility index (Phi) is 6.07. The summed E-state index contributed by atoms with van der Waals surface area (Å²) in [6.07, 6.45) is 3.73. The van der Waals surface area contributed by atoms with Crippen LogP contribution < -0.4 is 10.6 Å². The molecule has 9 heteroatoms. The van der Waals surface area contributed by atoms with Crippen LogP contribution in [0.4, 0.5) is 5.82 Å². The van der Waals surface area contributed by atoms with Gasteiger partial charge in [-0.1, -0.05) is 41.0 Å². The number of hydrogen-bond acceptors (Lipinski definition) is 6. The van der Waals surface area contributed by atoms with E-state index in [2.05, 4.69) is 27.3 Å². The van der Waals surface area contributed by atoms with Crippen LogP contribution >= 0.6 is 35.0 Å². The van der Waals surface area contributed by atoms with Crippen LogP contribution in [0.2, 0.25) is 10.0 Å². The maximum Gasteiger partial charge on any atom is 0.152 e. The molecule has 170 valence electrons. The monoisotopic (exact) mass is 492 g/mol. The number of aliphatic hydroxyl groups is 1. The van der Waals surface area contributed by atoms with Crippen LogP contribution in [0.5, 0.6) is 0 Å². The molecule has 2 aromatic heterocycles. The van der Waals surface area contributed by atoms with Gasteiger partial charge in [-0.25, -0.2) is 4.98 Å². The summed E-state index contributed by atoms with van der Waals surface area (Å²) < 4.78 is 7.75. The molecular weight excluding hydrogens is 467 g/mol. The van der Waals surface area contributed by atoms with Gasteiger partial charge in [-0.3, -0.25) is 4.40 Å². The topological polar surface area (TPSA) is 76.0 Å². The molecule has 1 spiro atoms. The molecule has 1 unspecified atom stereocenters. The third-order valence-electron chi connectivity index (χ3n) is 6.82. The molecule has 1 atom stereocenters. The number of aromatic nitrogens is 2. The number of fused-ring (bicyclic) bond motifs is 1. The van der Waals surface area contributed by atoms with Crippen molar-refractivity contribution in [2.24, 2.45) is 11.1 Å². The smallest absolute Gasteiger partial charge is 0.152 e. The predicted octanol–water partition coefficient (Wildman–Crippen LogP) is 4.54. The summed E-state index contributed by atoms with van der Waals surface area (Å²) in [5, 5.41) is 11.1. The second-order valence-electron chi connectivity index (χ2n) is 8.71. The summed E-state index contributed by atoms with van der Waals surface area (Å²) in [5.41, 5.74) is 9.13. The molecule has 0 aliphatic carbocycles. The fraction of sp³-hybridized carbons (Fsp3) is 0.435. The minimum absolute atomic E-state index is 0.0819. The zero-order valence-corrected chi connectivity index (χ0v) is 20.2. The van der Waals surface area contributed by atoms with Crippen molar-refractivity contribution in [3.8, 4) is 0 Å². The number of aliphatic hydroxyl groups excluding tert-OH is 1. The van der Waals surface area contributed by atoms with Gasteiger partial charge < -0.3 is 20.5 Å². The van der Waals surface area contributed by atoms with Gasteiger partial charge in [0.1, 0.15) is 5.82 Å². The van der Waals surface area contributed by atoms with Gasteiger partial charge in [-0.2, -0.15) is 0 Å². The van der Waals surface area contributed by atoms with E-state index in [1.165, 1.54) is 0 Å². The Labute approximate surface area is 201 Å². The van der Waals surface area contributed by atoms with E-state index < -0.39 is 0 Å². The molecule has 2 fully saturated rings. The van der Waals surface area contributed by atoms with Crippen LogP contribution in [-0.2, 0) is 11.3 Å². The van der Waals surface area contributed by atoms with Crippen molar-refractivity contribution in [2.45, 2.75) is 42.2 Å². The fourth-order valence-electron chi connectivity index (χ4n) is 4.82. The zero-order chi connectivity index (χ0) is 22.5. The molecule has 2 aliphatic heterocycles. The van der Waals surface area contributed by atoms with Gasteiger partial charge in [0.15, 0.2) is 5.65 Å². The highest BCUT2D eigenvalue weighted by molar-refractivity contribution is 7.99. The van der Waals surface area contributed by atoms with Crippen molar-refractivity contribution in [2.75, 3.05) is 31.2 Å². The quantitative estimate of drug-likeness (QED) is 0.556. The van der Waals surface area contributed by atoms with Crippen LogP contribution in [0, 0.1) is 12.3 Å². The van der Waals surface area contributed by atoms with Crippen LogP contribution in [0.15, 0.2) is 40.3 Å². The Morgan fingerprint density at radius 3 is 2.78 bits per heavy atom. The van der Waals surface area contributed by atoms with Crippen LogP contribution in [0.1, 0.15) is 24.1 Å². The Bertz CT molecular complexity index is 1160. The molecule has 3 aromatic rings. The van der Waals surface area contributed by atoms with Gasteiger partial charge in [0.05, 0.1) is 46.7 Å². The van der Waals surface area contributed by atoms with Crippen molar-refractivity contribution in [3.63, 3.8) is 0 Å². The summed E-state index contributed by atoms with van der Waals surface area (Å²) in [5.74, 6) is 1.04. The Balaban J connectivity index is 1.53. The molecule has 2 aliphatic rings. The number of pyridine rings is 1. The number of anilines is 1. The summed E-state index contributed by atoms with van der Waals surface area (Å²) in [6.45, 7) is 5.18. The van der Waals surface area contributed by atoms with Gasteiger partial charge in [-0.15, -0.1) is 0 Å². The average molecular weight is 493 g/mol. The minimum atomic E-state index is -0.0876. The van der Waals surface area contributed by atoms with E-state index in [0.29, 0.717) is 16.7 Å². The lowest BCUT2D eigenvalue weighted by Gasteiger charge is -2.42. The molecule has 0 saturated carbocycles. The molecule has 4 heterocycles. The number of aryl methyl sites for hydroxylation is 1. The van der Waals surface area contributed by atoms with Crippen molar-refractivity contribution in [3.05, 3.63) is 51.8 Å². The molecule has 0 radical (unpaired) electrons. The van der Waals surface area contributed by atoms with E-state index >= 15 is 0 Å². The number of hydrogen-bond donors (Lipinski definition) is 2.